The zero-order chi connectivity index (χ0) is 12.5. The van der Waals surface area contributed by atoms with Gasteiger partial charge in [-0.25, -0.2) is 0 Å². The summed E-state index contributed by atoms with van der Waals surface area (Å²) in [6, 6.07) is 9.23. The highest BCUT2D eigenvalue weighted by atomic mass is 16.7. The van der Waals surface area contributed by atoms with Crippen LogP contribution in [0, 0.1) is 0 Å². The Balaban J connectivity index is 2.42. The molecule has 0 aliphatic carbocycles. The SMILES string of the molecule is O=C[C@H](OCc1ccccc1)O[C@@H](C=O)CO. The van der Waals surface area contributed by atoms with E-state index in [-0.39, 0.29) is 6.61 Å². The molecular weight excluding hydrogens is 224 g/mol. The van der Waals surface area contributed by atoms with Crippen molar-refractivity contribution in [2.24, 2.45) is 0 Å². The van der Waals surface area contributed by atoms with Crippen molar-refractivity contribution in [1.82, 2.24) is 0 Å². The molecule has 2 atom stereocenters. The van der Waals surface area contributed by atoms with Crippen LogP contribution in [0.5, 0.6) is 0 Å². The Hall–Kier alpha value is -1.56. The molecule has 1 aromatic carbocycles. The summed E-state index contributed by atoms with van der Waals surface area (Å²) in [6.45, 7) is -0.288. The van der Waals surface area contributed by atoms with Crippen LogP contribution in [0.15, 0.2) is 30.3 Å². The number of aliphatic hydroxyl groups excluding tert-OH is 1. The van der Waals surface area contributed by atoms with Crippen LogP contribution in [0.4, 0.5) is 0 Å². The minimum absolute atomic E-state index is 0.196. The van der Waals surface area contributed by atoms with Gasteiger partial charge in [-0.1, -0.05) is 30.3 Å². The van der Waals surface area contributed by atoms with Crippen LogP contribution in [0.3, 0.4) is 0 Å². The first kappa shape index (κ1) is 13.5. The Bertz CT molecular complexity index is 338. The fraction of sp³-hybridized carbons (Fsp3) is 0.333. The standard InChI is InChI=1S/C12H14O5/c13-6-11(7-14)17-12(8-15)16-9-10-4-2-1-3-5-10/h1-6,8,11-12,14H,7,9H2/t11-,12+/m0/s1. The number of carbonyl (C=O) groups excluding carboxylic acids is 2. The summed E-state index contributed by atoms with van der Waals surface area (Å²) in [7, 11) is 0. The lowest BCUT2D eigenvalue weighted by Gasteiger charge is -2.16. The van der Waals surface area contributed by atoms with E-state index in [4.69, 9.17) is 14.6 Å². The second-order valence-corrected chi connectivity index (χ2v) is 3.29. The molecule has 0 saturated carbocycles. The summed E-state index contributed by atoms with van der Waals surface area (Å²) in [5.74, 6) is 0. The van der Waals surface area contributed by atoms with E-state index in [0.717, 1.165) is 5.56 Å². The molecular formula is C12H14O5. The maximum Gasteiger partial charge on any atom is 0.215 e. The number of rotatable bonds is 8. The number of carbonyl (C=O) groups is 2. The Morgan fingerprint density at radius 2 is 1.88 bits per heavy atom. The molecule has 1 N–H and O–H groups in total. The lowest BCUT2D eigenvalue weighted by molar-refractivity contribution is -0.180. The Labute approximate surface area is 99.0 Å². The summed E-state index contributed by atoms with van der Waals surface area (Å²) in [5, 5.41) is 8.73. The molecule has 5 heteroatoms. The van der Waals surface area contributed by atoms with Crippen molar-refractivity contribution in [3.63, 3.8) is 0 Å². The second kappa shape index (κ2) is 7.67. The molecule has 0 aliphatic rings. The summed E-state index contributed by atoms with van der Waals surface area (Å²) in [4.78, 5) is 21.1. The normalized spacial score (nSPS) is 13.9. The fourth-order valence-electron chi connectivity index (χ4n) is 1.15. The molecule has 0 saturated heterocycles. The van der Waals surface area contributed by atoms with E-state index in [2.05, 4.69) is 0 Å². The molecule has 0 amide bonds. The van der Waals surface area contributed by atoms with Crippen LogP contribution in [0.1, 0.15) is 5.56 Å². The lowest BCUT2D eigenvalue weighted by Crippen LogP contribution is -2.29. The average Bonchev–Trinajstić information content (AvgIpc) is 2.40. The lowest BCUT2D eigenvalue weighted by atomic mass is 10.2. The highest BCUT2D eigenvalue weighted by Gasteiger charge is 2.15. The van der Waals surface area contributed by atoms with Crippen LogP contribution >= 0.6 is 0 Å². The largest absolute Gasteiger partial charge is 0.393 e. The average molecular weight is 238 g/mol. The van der Waals surface area contributed by atoms with Crippen LogP contribution in [0.2, 0.25) is 0 Å². The van der Waals surface area contributed by atoms with Crippen LogP contribution < -0.4 is 0 Å². The van der Waals surface area contributed by atoms with Gasteiger partial charge in [0.1, 0.15) is 6.10 Å². The summed E-state index contributed by atoms with van der Waals surface area (Å²) < 4.78 is 10.1. The molecule has 92 valence electrons. The zero-order valence-electron chi connectivity index (χ0n) is 9.19. The van der Waals surface area contributed by atoms with Crippen molar-refractivity contribution in [1.29, 1.82) is 0 Å². The van der Waals surface area contributed by atoms with Gasteiger partial charge in [-0.05, 0) is 5.56 Å². The van der Waals surface area contributed by atoms with Gasteiger partial charge in [0.05, 0.1) is 13.2 Å². The van der Waals surface area contributed by atoms with Crippen molar-refractivity contribution in [2.45, 2.75) is 19.0 Å². The Morgan fingerprint density at radius 3 is 2.41 bits per heavy atom. The second-order valence-electron chi connectivity index (χ2n) is 3.29. The van der Waals surface area contributed by atoms with Gasteiger partial charge in [-0.15, -0.1) is 0 Å². The molecule has 0 radical (unpaired) electrons. The topological polar surface area (TPSA) is 72.8 Å². The van der Waals surface area contributed by atoms with Gasteiger partial charge in [0.25, 0.3) is 0 Å². The highest BCUT2D eigenvalue weighted by Crippen LogP contribution is 2.04. The molecule has 0 aromatic heterocycles. The third-order valence-corrected chi connectivity index (χ3v) is 2.01. The molecule has 0 heterocycles. The first-order chi connectivity index (χ1) is 8.30. The molecule has 0 unspecified atom stereocenters. The van der Waals surface area contributed by atoms with E-state index in [9.17, 15) is 9.59 Å². The highest BCUT2D eigenvalue weighted by molar-refractivity contribution is 5.58. The number of aldehydes is 2. The quantitative estimate of drug-likeness (QED) is 0.521. The van der Waals surface area contributed by atoms with Gasteiger partial charge in [0.15, 0.2) is 12.6 Å². The molecule has 0 spiro atoms. The number of aliphatic hydroxyl groups is 1. The summed E-state index contributed by atoms with van der Waals surface area (Å²) >= 11 is 0. The van der Waals surface area contributed by atoms with E-state index < -0.39 is 19.0 Å². The minimum atomic E-state index is -1.16. The smallest absolute Gasteiger partial charge is 0.215 e. The first-order valence-electron chi connectivity index (χ1n) is 5.12. The van der Waals surface area contributed by atoms with Gasteiger partial charge >= 0.3 is 0 Å². The van der Waals surface area contributed by atoms with Crippen molar-refractivity contribution in [3.05, 3.63) is 35.9 Å². The fourth-order valence-corrected chi connectivity index (χ4v) is 1.15. The summed E-state index contributed by atoms with van der Waals surface area (Å²) in [6.07, 6.45) is -1.34. The van der Waals surface area contributed by atoms with Gasteiger partial charge in [0, 0.05) is 0 Å². The molecule has 5 nitrogen and oxygen atoms in total. The van der Waals surface area contributed by atoms with E-state index in [1.807, 2.05) is 30.3 Å². The molecule has 1 aromatic rings. The van der Waals surface area contributed by atoms with E-state index in [1.165, 1.54) is 0 Å². The number of ether oxygens (including phenoxy) is 2. The number of benzene rings is 1. The molecule has 0 aliphatic heterocycles. The van der Waals surface area contributed by atoms with Gasteiger partial charge in [0.2, 0.25) is 6.29 Å². The van der Waals surface area contributed by atoms with Crippen molar-refractivity contribution < 1.29 is 24.2 Å². The monoisotopic (exact) mass is 238 g/mol. The molecule has 0 fully saturated rings. The maximum absolute atomic E-state index is 10.6. The molecule has 0 bridgehead atoms. The van der Waals surface area contributed by atoms with E-state index >= 15 is 0 Å². The number of hydrogen-bond donors (Lipinski definition) is 1. The Morgan fingerprint density at radius 1 is 1.18 bits per heavy atom. The van der Waals surface area contributed by atoms with E-state index in [0.29, 0.717) is 12.6 Å². The predicted molar refractivity (Wildman–Crippen MR) is 59.1 cm³/mol. The molecule has 1 rings (SSSR count). The molecule has 17 heavy (non-hydrogen) atoms. The Kier molecular flexibility index (Phi) is 6.09. The predicted octanol–water partition coefficient (Wildman–Crippen LogP) is 0.305. The van der Waals surface area contributed by atoms with Crippen LogP contribution in [-0.4, -0.2) is 36.7 Å². The van der Waals surface area contributed by atoms with Crippen LogP contribution in [0.25, 0.3) is 0 Å². The van der Waals surface area contributed by atoms with Crippen LogP contribution in [-0.2, 0) is 25.7 Å². The van der Waals surface area contributed by atoms with Gasteiger partial charge < -0.3 is 19.4 Å². The zero-order valence-corrected chi connectivity index (χ0v) is 9.19. The van der Waals surface area contributed by atoms with Crippen molar-refractivity contribution in [3.8, 4) is 0 Å². The van der Waals surface area contributed by atoms with Gasteiger partial charge in [-0.3, -0.25) is 4.79 Å². The van der Waals surface area contributed by atoms with Crippen molar-refractivity contribution in [2.75, 3.05) is 6.61 Å². The number of hydrogen-bond acceptors (Lipinski definition) is 5. The summed E-state index contributed by atoms with van der Waals surface area (Å²) in [5.41, 5.74) is 0.884. The minimum Gasteiger partial charge on any atom is -0.393 e. The van der Waals surface area contributed by atoms with E-state index in [1.54, 1.807) is 0 Å². The third kappa shape index (κ3) is 4.86. The maximum atomic E-state index is 10.6. The van der Waals surface area contributed by atoms with Crippen molar-refractivity contribution >= 4 is 12.6 Å². The third-order valence-electron chi connectivity index (χ3n) is 2.01. The first-order valence-corrected chi connectivity index (χ1v) is 5.12. The van der Waals surface area contributed by atoms with Gasteiger partial charge in [-0.2, -0.15) is 0 Å².